The molecule has 0 aliphatic carbocycles. The van der Waals surface area contributed by atoms with Crippen molar-refractivity contribution in [3.63, 3.8) is 0 Å². The van der Waals surface area contributed by atoms with E-state index in [-0.39, 0.29) is 0 Å². The van der Waals surface area contributed by atoms with Gasteiger partial charge in [0.05, 0.1) is 0 Å². The van der Waals surface area contributed by atoms with E-state index in [1.807, 2.05) is 0 Å². The Morgan fingerprint density at radius 2 is 1.39 bits per heavy atom. The first-order valence-electron chi connectivity index (χ1n) is 6.96. The maximum absolute atomic E-state index is 3.72. The van der Waals surface area contributed by atoms with Crippen molar-refractivity contribution in [2.24, 2.45) is 5.41 Å². The van der Waals surface area contributed by atoms with Crippen LogP contribution in [0.2, 0.25) is 0 Å². The number of hydrogen-bond donors (Lipinski definition) is 1. The van der Waals surface area contributed by atoms with E-state index in [1.54, 1.807) is 0 Å². The number of aryl methyl sites for hydroxylation is 3. The van der Waals surface area contributed by atoms with Gasteiger partial charge in [-0.25, -0.2) is 0 Å². The van der Waals surface area contributed by atoms with Crippen LogP contribution in [0, 0.1) is 26.2 Å². The molecule has 1 heteroatoms. The fourth-order valence-corrected chi connectivity index (χ4v) is 2.16. The van der Waals surface area contributed by atoms with Gasteiger partial charge in [-0.05, 0) is 62.3 Å². The molecule has 102 valence electrons. The number of rotatable bonds is 3. The quantitative estimate of drug-likeness (QED) is 0.816. The molecular formula is C17H29N. The first-order chi connectivity index (χ1) is 8.12. The number of benzene rings is 1. The molecule has 18 heavy (non-hydrogen) atoms. The van der Waals surface area contributed by atoms with Gasteiger partial charge in [0, 0.05) is 12.1 Å². The van der Waals surface area contributed by atoms with Crippen molar-refractivity contribution in [1.29, 1.82) is 0 Å². The van der Waals surface area contributed by atoms with Crippen molar-refractivity contribution < 1.29 is 0 Å². The summed E-state index contributed by atoms with van der Waals surface area (Å²) < 4.78 is 0. The van der Waals surface area contributed by atoms with E-state index in [0.29, 0.717) is 17.5 Å². The van der Waals surface area contributed by atoms with Gasteiger partial charge in [-0.15, -0.1) is 0 Å². The summed E-state index contributed by atoms with van der Waals surface area (Å²) in [5.74, 6) is 0. The SMILES string of the molecule is Cc1cc(C)c(C(C)NC(C)C(C)(C)C)cc1C. The average Bonchev–Trinajstić information content (AvgIpc) is 2.21. The zero-order valence-electron chi connectivity index (χ0n) is 13.3. The van der Waals surface area contributed by atoms with Crippen LogP contribution in [0.1, 0.15) is 62.9 Å². The molecule has 0 aliphatic rings. The van der Waals surface area contributed by atoms with E-state index in [0.717, 1.165) is 0 Å². The topological polar surface area (TPSA) is 12.0 Å². The minimum Gasteiger partial charge on any atom is -0.307 e. The molecule has 0 saturated heterocycles. The standard InChI is InChI=1S/C17H29N/c1-11-9-13(3)16(10-12(11)2)14(4)18-15(5)17(6,7)8/h9-10,14-15,18H,1-8H3. The van der Waals surface area contributed by atoms with Gasteiger partial charge in [0.15, 0.2) is 0 Å². The van der Waals surface area contributed by atoms with Gasteiger partial charge >= 0.3 is 0 Å². The van der Waals surface area contributed by atoms with Crippen molar-refractivity contribution in [2.45, 2.75) is 67.5 Å². The predicted molar refractivity (Wildman–Crippen MR) is 81.1 cm³/mol. The third-order valence-corrected chi connectivity index (χ3v) is 4.15. The van der Waals surface area contributed by atoms with Crippen molar-refractivity contribution in [1.82, 2.24) is 5.32 Å². The molecule has 0 aromatic heterocycles. The summed E-state index contributed by atoms with van der Waals surface area (Å²) in [4.78, 5) is 0. The van der Waals surface area contributed by atoms with Crippen molar-refractivity contribution in [3.05, 3.63) is 34.4 Å². The predicted octanol–water partition coefficient (Wildman–Crippen LogP) is 4.70. The van der Waals surface area contributed by atoms with Crippen LogP contribution < -0.4 is 5.32 Å². The lowest BCUT2D eigenvalue weighted by Crippen LogP contribution is -2.39. The van der Waals surface area contributed by atoms with Gasteiger partial charge in [0.2, 0.25) is 0 Å². The van der Waals surface area contributed by atoms with E-state index in [4.69, 9.17) is 0 Å². The molecule has 0 fully saturated rings. The fourth-order valence-electron chi connectivity index (χ4n) is 2.16. The lowest BCUT2D eigenvalue weighted by molar-refractivity contribution is 0.268. The second-order valence-electron chi connectivity index (χ2n) is 6.77. The Morgan fingerprint density at radius 3 is 1.89 bits per heavy atom. The normalized spacial score (nSPS) is 15.6. The lowest BCUT2D eigenvalue weighted by Gasteiger charge is -2.32. The van der Waals surface area contributed by atoms with Crippen LogP contribution >= 0.6 is 0 Å². The van der Waals surface area contributed by atoms with Crippen LogP contribution in [0.5, 0.6) is 0 Å². The molecule has 1 N–H and O–H groups in total. The molecule has 0 saturated carbocycles. The Morgan fingerprint density at radius 1 is 0.889 bits per heavy atom. The molecule has 2 unspecified atom stereocenters. The van der Waals surface area contributed by atoms with Gasteiger partial charge in [0.25, 0.3) is 0 Å². The Bertz CT molecular complexity index is 412. The van der Waals surface area contributed by atoms with E-state index in [1.165, 1.54) is 22.3 Å². The Balaban J connectivity index is 2.91. The van der Waals surface area contributed by atoms with Crippen molar-refractivity contribution in [3.8, 4) is 0 Å². The van der Waals surface area contributed by atoms with Crippen molar-refractivity contribution in [2.75, 3.05) is 0 Å². The van der Waals surface area contributed by atoms with Crippen LogP contribution in [-0.4, -0.2) is 6.04 Å². The zero-order chi connectivity index (χ0) is 14.1. The van der Waals surface area contributed by atoms with Gasteiger partial charge in [-0.3, -0.25) is 0 Å². The Hall–Kier alpha value is -0.820. The molecule has 0 heterocycles. The maximum atomic E-state index is 3.72. The van der Waals surface area contributed by atoms with Gasteiger partial charge in [-0.1, -0.05) is 32.9 Å². The molecule has 0 radical (unpaired) electrons. The second kappa shape index (κ2) is 5.44. The number of nitrogens with one attached hydrogen (secondary N) is 1. The third kappa shape index (κ3) is 3.58. The van der Waals surface area contributed by atoms with Crippen LogP contribution in [0.25, 0.3) is 0 Å². The minimum atomic E-state index is 0.294. The van der Waals surface area contributed by atoms with Crippen LogP contribution in [0.15, 0.2) is 12.1 Å². The highest BCUT2D eigenvalue weighted by Crippen LogP contribution is 2.25. The maximum Gasteiger partial charge on any atom is 0.0297 e. The molecule has 1 rings (SSSR count). The van der Waals surface area contributed by atoms with Crippen LogP contribution in [0.4, 0.5) is 0 Å². The largest absolute Gasteiger partial charge is 0.307 e. The third-order valence-electron chi connectivity index (χ3n) is 4.15. The summed E-state index contributed by atoms with van der Waals surface area (Å²) in [5, 5.41) is 3.72. The molecule has 2 atom stereocenters. The highest BCUT2D eigenvalue weighted by Gasteiger charge is 2.22. The van der Waals surface area contributed by atoms with Gasteiger partial charge in [-0.2, -0.15) is 0 Å². The molecule has 1 aromatic rings. The molecule has 1 nitrogen and oxygen atoms in total. The minimum absolute atomic E-state index is 0.294. The van der Waals surface area contributed by atoms with Crippen LogP contribution in [-0.2, 0) is 0 Å². The zero-order valence-corrected chi connectivity index (χ0v) is 13.3. The molecule has 0 bridgehead atoms. The van der Waals surface area contributed by atoms with E-state index in [9.17, 15) is 0 Å². The highest BCUT2D eigenvalue weighted by atomic mass is 15.0. The smallest absolute Gasteiger partial charge is 0.0297 e. The van der Waals surface area contributed by atoms with Crippen LogP contribution in [0.3, 0.4) is 0 Å². The molecule has 0 amide bonds. The summed E-state index contributed by atoms with van der Waals surface area (Å²) in [6, 6.07) is 5.52. The lowest BCUT2D eigenvalue weighted by atomic mass is 9.86. The first kappa shape index (κ1) is 15.2. The fraction of sp³-hybridized carbons (Fsp3) is 0.647. The van der Waals surface area contributed by atoms with Crippen molar-refractivity contribution >= 4 is 0 Å². The van der Waals surface area contributed by atoms with Gasteiger partial charge < -0.3 is 5.32 Å². The second-order valence-corrected chi connectivity index (χ2v) is 6.77. The highest BCUT2D eigenvalue weighted by molar-refractivity contribution is 5.38. The average molecular weight is 247 g/mol. The molecule has 0 aliphatic heterocycles. The van der Waals surface area contributed by atoms with E-state index >= 15 is 0 Å². The Labute approximate surface area is 113 Å². The van der Waals surface area contributed by atoms with Gasteiger partial charge in [0.1, 0.15) is 0 Å². The monoisotopic (exact) mass is 247 g/mol. The summed E-state index contributed by atoms with van der Waals surface area (Å²) in [5.41, 5.74) is 5.87. The molecular weight excluding hydrogens is 218 g/mol. The molecule has 1 aromatic carbocycles. The summed E-state index contributed by atoms with van der Waals surface area (Å²) in [6.07, 6.45) is 0. The molecule has 0 spiro atoms. The number of hydrogen-bond acceptors (Lipinski definition) is 1. The summed E-state index contributed by atoms with van der Waals surface area (Å²) in [7, 11) is 0. The summed E-state index contributed by atoms with van der Waals surface area (Å²) >= 11 is 0. The van der Waals surface area contributed by atoms with E-state index < -0.39 is 0 Å². The first-order valence-corrected chi connectivity index (χ1v) is 6.96. The van der Waals surface area contributed by atoms with E-state index in [2.05, 4.69) is 72.8 Å². The summed E-state index contributed by atoms with van der Waals surface area (Å²) in [6.45, 7) is 18.0. The Kier molecular flexibility index (Phi) is 4.61.